The topological polar surface area (TPSA) is 101 Å². The highest BCUT2D eigenvalue weighted by atomic mass is 16.5. The number of aliphatic carboxylic acids is 2. The van der Waals surface area contributed by atoms with Crippen LogP contribution in [0.15, 0.2) is 11.6 Å². The highest BCUT2D eigenvalue weighted by Crippen LogP contribution is 2.44. The fourth-order valence-electron chi connectivity index (χ4n) is 2.59. The summed E-state index contributed by atoms with van der Waals surface area (Å²) in [5.41, 5.74) is 0.500. The highest BCUT2D eigenvalue weighted by Gasteiger charge is 2.54. The van der Waals surface area contributed by atoms with Gasteiger partial charge in [0.25, 0.3) is 0 Å². The van der Waals surface area contributed by atoms with Crippen molar-refractivity contribution in [1.29, 1.82) is 0 Å². The van der Waals surface area contributed by atoms with E-state index in [0.717, 1.165) is 0 Å². The zero-order valence-electron chi connectivity index (χ0n) is 9.12. The zero-order valence-corrected chi connectivity index (χ0v) is 9.12. The lowest BCUT2D eigenvalue weighted by Crippen LogP contribution is -2.37. The van der Waals surface area contributed by atoms with Crippen LogP contribution < -0.4 is 0 Å². The molecule has 1 fully saturated rings. The Balaban J connectivity index is 2.28. The SMILES string of the molecule is CC(=O)C1C2OC(C=C2CC(=O)O)C1C(=O)O. The van der Waals surface area contributed by atoms with Crippen molar-refractivity contribution in [3.8, 4) is 0 Å². The number of carbonyl (C=O) groups is 3. The van der Waals surface area contributed by atoms with Gasteiger partial charge in [-0.2, -0.15) is 0 Å². The van der Waals surface area contributed by atoms with Gasteiger partial charge < -0.3 is 14.9 Å². The fourth-order valence-corrected chi connectivity index (χ4v) is 2.59. The van der Waals surface area contributed by atoms with Gasteiger partial charge in [0.1, 0.15) is 5.78 Å². The molecule has 0 saturated carbocycles. The zero-order chi connectivity index (χ0) is 12.7. The first-order chi connectivity index (χ1) is 7.91. The minimum absolute atomic E-state index is 0.211. The van der Waals surface area contributed by atoms with Crippen LogP contribution in [-0.4, -0.2) is 40.1 Å². The van der Waals surface area contributed by atoms with E-state index >= 15 is 0 Å². The van der Waals surface area contributed by atoms with E-state index in [1.54, 1.807) is 0 Å². The van der Waals surface area contributed by atoms with E-state index < -0.39 is 36.0 Å². The van der Waals surface area contributed by atoms with E-state index in [2.05, 4.69) is 0 Å². The number of ketones is 1. The van der Waals surface area contributed by atoms with Crippen molar-refractivity contribution in [3.05, 3.63) is 11.6 Å². The summed E-state index contributed by atoms with van der Waals surface area (Å²) in [6.45, 7) is 1.31. The Kier molecular flexibility index (Phi) is 2.74. The smallest absolute Gasteiger partial charge is 0.310 e. The molecule has 92 valence electrons. The Bertz CT molecular complexity index is 424. The van der Waals surface area contributed by atoms with E-state index in [-0.39, 0.29) is 12.2 Å². The normalized spacial score (nSPS) is 34.5. The summed E-state index contributed by atoms with van der Waals surface area (Å²) >= 11 is 0. The van der Waals surface area contributed by atoms with Gasteiger partial charge in [0.15, 0.2) is 0 Å². The molecular weight excluding hydrogens is 228 g/mol. The molecule has 2 rings (SSSR count). The van der Waals surface area contributed by atoms with E-state index in [0.29, 0.717) is 5.57 Å². The molecule has 6 heteroatoms. The first kappa shape index (κ1) is 11.8. The van der Waals surface area contributed by atoms with Gasteiger partial charge in [0, 0.05) is 0 Å². The molecule has 17 heavy (non-hydrogen) atoms. The molecule has 6 nitrogen and oxygen atoms in total. The summed E-state index contributed by atoms with van der Waals surface area (Å²) in [7, 11) is 0. The van der Waals surface area contributed by atoms with Crippen LogP contribution in [0, 0.1) is 11.8 Å². The fraction of sp³-hybridized carbons (Fsp3) is 0.545. The van der Waals surface area contributed by atoms with Crippen molar-refractivity contribution >= 4 is 17.7 Å². The molecule has 0 aliphatic carbocycles. The Morgan fingerprint density at radius 2 is 1.94 bits per heavy atom. The van der Waals surface area contributed by atoms with Crippen molar-refractivity contribution in [1.82, 2.24) is 0 Å². The van der Waals surface area contributed by atoms with Crippen LogP contribution in [-0.2, 0) is 19.1 Å². The van der Waals surface area contributed by atoms with Crippen molar-refractivity contribution in [2.24, 2.45) is 11.8 Å². The third-order valence-corrected chi connectivity index (χ3v) is 3.22. The quantitative estimate of drug-likeness (QED) is 0.674. The molecule has 0 aromatic heterocycles. The van der Waals surface area contributed by atoms with Crippen LogP contribution in [0.4, 0.5) is 0 Å². The van der Waals surface area contributed by atoms with Crippen molar-refractivity contribution in [2.75, 3.05) is 0 Å². The molecule has 0 amide bonds. The number of rotatable bonds is 4. The summed E-state index contributed by atoms with van der Waals surface area (Å²) in [5, 5.41) is 17.7. The Morgan fingerprint density at radius 1 is 1.29 bits per heavy atom. The molecule has 2 bridgehead atoms. The number of carboxylic acid groups (broad SMARTS) is 2. The molecule has 2 N–H and O–H groups in total. The maximum atomic E-state index is 11.5. The lowest BCUT2D eigenvalue weighted by Gasteiger charge is -2.22. The maximum Gasteiger partial charge on any atom is 0.310 e. The third kappa shape index (κ3) is 1.84. The van der Waals surface area contributed by atoms with Gasteiger partial charge in [-0.05, 0) is 12.5 Å². The van der Waals surface area contributed by atoms with Crippen LogP contribution in [0.25, 0.3) is 0 Å². The van der Waals surface area contributed by atoms with Crippen LogP contribution in [0.5, 0.6) is 0 Å². The average Bonchev–Trinajstić information content (AvgIpc) is 2.71. The number of carboxylic acids is 2. The second-order valence-corrected chi connectivity index (χ2v) is 4.33. The van der Waals surface area contributed by atoms with Gasteiger partial charge >= 0.3 is 11.9 Å². The molecule has 0 aromatic carbocycles. The van der Waals surface area contributed by atoms with Gasteiger partial charge in [-0.3, -0.25) is 14.4 Å². The number of hydrogen-bond acceptors (Lipinski definition) is 4. The Labute approximate surface area is 96.9 Å². The summed E-state index contributed by atoms with van der Waals surface area (Å²) in [5.74, 6) is -4.03. The highest BCUT2D eigenvalue weighted by molar-refractivity contribution is 5.88. The molecule has 2 heterocycles. The second kappa shape index (κ2) is 3.96. The minimum Gasteiger partial charge on any atom is -0.481 e. The summed E-state index contributed by atoms with van der Waals surface area (Å²) in [6.07, 6.45) is -0.0515. The van der Waals surface area contributed by atoms with Gasteiger partial charge in [0.05, 0.1) is 30.5 Å². The molecule has 2 aliphatic rings. The number of carbonyl (C=O) groups excluding carboxylic acids is 1. The molecule has 1 saturated heterocycles. The van der Waals surface area contributed by atoms with Crippen molar-refractivity contribution in [3.63, 3.8) is 0 Å². The number of hydrogen-bond donors (Lipinski definition) is 2. The number of ether oxygens (including phenoxy) is 1. The van der Waals surface area contributed by atoms with E-state index in [4.69, 9.17) is 14.9 Å². The third-order valence-electron chi connectivity index (χ3n) is 3.22. The largest absolute Gasteiger partial charge is 0.481 e. The maximum absolute atomic E-state index is 11.5. The molecule has 4 unspecified atom stereocenters. The standard InChI is InChI=1S/C11H12O6/c1-4(12)8-9(11(15)16)6-2-5(3-7(13)14)10(8)17-6/h2,6,8-10H,3H2,1H3,(H,13,14)(H,15,16). The van der Waals surface area contributed by atoms with Crippen LogP contribution in [0.1, 0.15) is 13.3 Å². The lowest BCUT2D eigenvalue weighted by atomic mass is 9.77. The van der Waals surface area contributed by atoms with E-state index in [1.165, 1.54) is 13.0 Å². The lowest BCUT2D eigenvalue weighted by molar-refractivity contribution is -0.146. The van der Waals surface area contributed by atoms with Gasteiger partial charge in [0.2, 0.25) is 0 Å². The average molecular weight is 240 g/mol. The van der Waals surface area contributed by atoms with Crippen molar-refractivity contribution in [2.45, 2.75) is 25.6 Å². The van der Waals surface area contributed by atoms with Gasteiger partial charge in [-0.1, -0.05) is 6.08 Å². The van der Waals surface area contributed by atoms with Crippen LogP contribution in [0.3, 0.4) is 0 Å². The molecule has 0 aromatic rings. The summed E-state index contributed by atoms with van der Waals surface area (Å²) in [6, 6.07) is 0. The van der Waals surface area contributed by atoms with Gasteiger partial charge in [-0.15, -0.1) is 0 Å². The summed E-state index contributed by atoms with van der Waals surface area (Å²) in [4.78, 5) is 33.1. The molecule has 0 spiro atoms. The number of fused-ring (bicyclic) bond motifs is 2. The second-order valence-electron chi connectivity index (χ2n) is 4.33. The van der Waals surface area contributed by atoms with E-state index in [9.17, 15) is 14.4 Å². The van der Waals surface area contributed by atoms with Crippen LogP contribution in [0.2, 0.25) is 0 Å². The molecular formula is C11H12O6. The molecule has 0 radical (unpaired) electrons. The predicted octanol–water partition coefficient (Wildman–Crippen LogP) is 0.0745. The minimum atomic E-state index is -1.08. The molecule has 4 atom stereocenters. The predicted molar refractivity (Wildman–Crippen MR) is 54.3 cm³/mol. The van der Waals surface area contributed by atoms with E-state index in [1.807, 2.05) is 0 Å². The van der Waals surface area contributed by atoms with Crippen LogP contribution >= 0.6 is 0 Å². The van der Waals surface area contributed by atoms with Gasteiger partial charge in [-0.25, -0.2) is 0 Å². The number of Topliss-reactive ketones (excluding diaryl/α,β-unsaturated/α-hetero) is 1. The Hall–Kier alpha value is -1.69. The first-order valence-electron chi connectivity index (χ1n) is 5.23. The molecule has 2 aliphatic heterocycles. The Morgan fingerprint density at radius 3 is 2.41 bits per heavy atom. The van der Waals surface area contributed by atoms with Crippen molar-refractivity contribution < 1.29 is 29.3 Å². The first-order valence-corrected chi connectivity index (χ1v) is 5.23. The summed E-state index contributed by atoms with van der Waals surface area (Å²) < 4.78 is 5.38. The monoisotopic (exact) mass is 240 g/mol.